The van der Waals surface area contributed by atoms with E-state index < -0.39 is 18.1 Å². The molecule has 52 heavy (non-hydrogen) atoms. The topological polar surface area (TPSA) is 102 Å². The Morgan fingerprint density at radius 2 is 1.04 bits per heavy atom. The number of esters is 2. The highest BCUT2D eigenvalue weighted by Crippen LogP contribution is 2.13. The first-order valence-corrected chi connectivity index (χ1v) is 20.7. The van der Waals surface area contributed by atoms with Crippen LogP contribution in [0.15, 0.2) is 48.6 Å². The molecule has 0 saturated carbocycles. The summed E-state index contributed by atoms with van der Waals surface area (Å²) in [6, 6.07) is -0.734. The molecule has 8 heteroatoms. The average Bonchev–Trinajstić information content (AvgIpc) is 3.09. The van der Waals surface area contributed by atoms with E-state index in [0.717, 1.165) is 44.9 Å². The molecule has 300 valence electrons. The number of carbonyl (C=O) groups excluding carboxylic acids is 3. The number of carboxylic acid groups (broad SMARTS) is 1. The molecule has 2 atom stereocenters. The van der Waals surface area contributed by atoms with Crippen molar-refractivity contribution in [1.29, 1.82) is 0 Å². The largest absolute Gasteiger partial charge is 0.544 e. The van der Waals surface area contributed by atoms with Crippen molar-refractivity contribution in [2.24, 2.45) is 0 Å². The standard InChI is InChI=1S/C44H77NO7/c1-6-8-10-12-14-16-18-19-20-21-22-23-25-27-29-31-33-35-43(47)52-40(38-50-37-36-41(44(48)49)45(3,4)5)39-51-42(46)34-32-30-28-26-24-17-15-13-11-9-7-2/h14,16,19-20,22-23,27,29,40-41H,6-13,15,17-18,21,24-26,28,30-39H2,1-5H3/b16-14+,20-19+,23-22+,29-27+. The van der Waals surface area contributed by atoms with Gasteiger partial charge in [-0.15, -0.1) is 0 Å². The first kappa shape index (κ1) is 49.3. The molecule has 0 N–H and O–H groups in total. The quantitative estimate of drug-likeness (QED) is 0.0274. The Balaban J connectivity index is 4.49. The predicted molar refractivity (Wildman–Crippen MR) is 213 cm³/mol. The van der Waals surface area contributed by atoms with E-state index in [-0.39, 0.29) is 49.1 Å². The Morgan fingerprint density at radius 3 is 1.56 bits per heavy atom. The number of unbranched alkanes of at least 4 members (excludes halogenated alkanes) is 14. The van der Waals surface area contributed by atoms with Gasteiger partial charge in [0.05, 0.1) is 40.3 Å². The minimum Gasteiger partial charge on any atom is -0.544 e. The molecule has 0 saturated heterocycles. The zero-order valence-corrected chi connectivity index (χ0v) is 34.0. The fourth-order valence-electron chi connectivity index (χ4n) is 5.71. The summed E-state index contributed by atoms with van der Waals surface area (Å²) in [5.41, 5.74) is 0. The number of rotatable bonds is 36. The molecule has 0 aliphatic heterocycles. The Hall–Kier alpha value is -2.71. The van der Waals surface area contributed by atoms with Gasteiger partial charge in [-0.25, -0.2) is 0 Å². The summed E-state index contributed by atoms with van der Waals surface area (Å²) < 4.78 is 17.1. The summed E-state index contributed by atoms with van der Waals surface area (Å²) >= 11 is 0. The lowest BCUT2D eigenvalue weighted by atomic mass is 10.1. The van der Waals surface area contributed by atoms with Crippen LogP contribution in [0.25, 0.3) is 0 Å². The molecular weight excluding hydrogens is 654 g/mol. The van der Waals surface area contributed by atoms with Crippen molar-refractivity contribution >= 4 is 17.9 Å². The van der Waals surface area contributed by atoms with Crippen molar-refractivity contribution in [2.45, 2.75) is 174 Å². The molecule has 8 nitrogen and oxygen atoms in total. The molecule has 0 aromatic rings. The number of hydrogen-bond donors (Lipinski definition) is 0. The molecule has 0 spiro atoms. The maximum absolute atomic E-state index is 12.7. The van der Waals surface area contributed by atoms with Crippen LogP contribution < -0.4 is 5.11 Å². The monoisotopic (exact) mass is 732 g/mol. The molecule has 0 rings (SSSR count). The third-order valence-corrected chi connectivity index (χ3v) is 8.97. The lowest BCUT2D eigenvalue weighted by Gasteiger charge is -2.34. The van der Waals surface area contributed by atoms with Crippen LogP contribution in [-0.4, -0.2) is 75.5 Å². The van der Waals surface area contributed by atoms with Crippen LogP contribution in [0.3, 0.4) is 0 Å². The molecule has 0 aliphatic rings. The number of carbonyl (C=O) groups is 3. The van der Waals surface area contributed by atoms with Crippen molar-refractivity contribution in [3.63, 3.8) is 0 Å². The lowest BCUT2D eigenvalue weighted by Crippen LogP contribution is -2.55. The Labute approximate surface area is 318 Å². The van der Waals surface area contributed by atoms with Crippen LogP contribution in [0, 0.1) is 0 Å². The molecule has 0 amide bonds. The van der Waals surface area contributed by atoms with Crippen LogP contribution in [0.1, 0.15) is 162 Å². The minimum absolute atomic E-state index is 0.0194. The normalized spacial score (nSPS) is 13.5. The third-order valence-electron chi connectivity index (χ3n) is 8.97. The number of allylic oxidation sites excluding steroid dienone is 8. The van der Waals surface area contributed by atoms with Gasteiger partial charge in [-0.1, -0.05) is 140 Å². The van der Waals surface area contributed by atoms with Crippen LogP contribution >= 0.6 is 0 Å². The van der Waals surface area contributed by atoms with E-state index in [9.17, 15) is 19.5 Å². The second-order valence-corrected chi connectivity index (χ2v) is 14.9. The summed E-state index contributed by atoms with van der Waals surface area (Å²) in [7, 11) is 5.38. The molecular formula is C44H77NO7. The van der Waals surface area contributed by atoms with Crippen LogP contribution in [-0.2, 0) is 28.6 Å². The summed E-state index contributed by atoms with van der Waals surface area (Å²) in [5.74, 6) is -1.81. The van der Waals surface area contributed by atoms with Gasteiger partial charge in [-0.05, 0) is 51.4 Å². The molecule has 0 aromatic heterocycles. The second kappa shape index (κ2) is 35.3. The molecule has 0 fully saturated rings. The number of ether oxygens (including phenoxy) is 3. The van der Waals surface area contributed by atoms with E-state index in [1.165, 1.54) is 77.0 Å². The van der Waals surface area contributed by atoms with Gasteiger partial charge in [-0.2, -0.15) is 0 Å². The predicted octanol–water partition coefficient (Wildman–Crippen LogP) is 9.52. The molecule has 0 aliphatic carbocycles. The number of carboxylic acids is 1. The maximum Gasteiger partial charge on any atom is 0.306 e. The number of quaternary nitrogens is 1. The zero-order valence-electron chi connectivity index (χ0n) is 34.0. The van der Waals surface area contributed by atoms with Crippen molar-refractivity contribution in [3.05, 3.63) is 48.6 Å². The van der Waals surface area contributed by atoms with Gasteiger partial charge in [0.25, 0.3) is 0 Å². The maximum atomic E-state index is 12.7. The summed E-state index contributed by atoms with van der Waals surface area (Å²) in [5, 5.41) is 11.6. The Bertz CT molecular complexity index is 995. The Kier molecular flexibility index (Phi) is 33.5. The summed E-state index contributed by atoms with van der Waals surface area (Å²) in [6.07, 6.45) is 40.0. The van der Waals surface area contributed by atoms with Gasteiger partial charge in [-0.3, -0.25) is 9.59 Å². The summed E-state index contributed by atoms with van der Waals surface area (Å²) in [6.45, 7) is 4.55. The van der Waals surface area contributed by atoms with E-state index in [1.54, 1.807) is 21.1 Å². The number of hydrogen-bond acceptors (Lipinski definition) is 7. The van der Waals surface area contributed by atoms with E-state index in [4.69, 9.17) is 14.2 Å². The van der Waals surface area contributed by atoms with Crippen molar-refractivity contribution in [3.8, 4) is 0 Å². The number of nitrogens with zero attached hydrogens (tertiary/aromatic N) is 1. The fourth-order valence-corrected chi connectivity index (χ4v) is 5.71. The van der Waals surface area contributed by atoms with E-state index >= 15 is 0 Å². The number of likely N-dealkylation sites (N-methyl/N-ethyl adjacent to an activating group) is 1. The smallest absolute Gasteiger partial charge is 0.306 e. The van der Waals surface area contributed by atoms with E-state index in [2.05, 4.69) is 62.5 Å². The molecule has 0 aromatic carbocycles. The minimum atomic E-state index is -1.13. The van der Waals surface area contributed by atoms with Crippen LogP contribution in [0.5, 0.6) is 0 Å². The van der Waals surface area contributed by atoms with Crippen molar-refractivity contribution in [2.75, 3.05) is 41.0 Å². The van der Waals surface area contributed by atoms with E-state index in [0.29, 0.717) is 12.8 Å². The van der Waals surface area contributed by atoms with Gasteiger partial charge in [0.2, 0.25) is 0 Å². The highest BCUT2D eigenvalue weighted by atomic mass is 16.6. The van der Waals surface area contributed by atoms with Gasteiger partial charge < -0.3 is 28.6 Å². The van der Waals surface area contributed by atoms with Gasteiger partial charge in [0.15, 0.2) is 6.10 Å². The first-order valence-electron chi connectivity index (χ1n) is 20.7. The highest BCUT2D eigenvalue weighted by molar-refractivity contribution is 5.70. The molecule has 2 unspecified atom stereocenters. The second-order valence-electron chi connectivity index (χ2n) is 14.9. The average molecular weight is 732 g/mol. The molecule has 0 radical (unpaired) electrons. The van der Waals surface area contributed by atoms with E-state index in [1.807, 2.05) is 0 Å². The summed E-state index contributed by atoms with van der Waals surface area (Å²) in [4.78, 5) is 36.7. The van der Waals surface area contributed by atoms with Crippen molar-refractivity contribution in [1.82, 2.24) is 0 Å². The lowest BCUT2D eigenvalue weighted by molar-refractivity contribution is -0.889. The van der Waals surface area contributed by atoms with Crippen LogP contribution in [0.2, 0.25) is 0 Å². The first-order chi connectivity index (χ1) is 25.1. The SMILES string of the molecule is CCCCC/C=C/C/C=C/C/C=C/C/C=C/CCCC(=O)OC(COCCC(C(=O)[O-])[N+](C)(C)C)COC(=O)CCCCCCCCCCCCC. The van der Waals surface area contributed by atoms with Crippen molar-refractivity contribution < 1.29 is 38.2 Å². The zero-order chi connectivity index (χ0) is 38.5. The third kappa shape index (κ3) is 33.1. The number of aliphatic carboxylic acids is 1. The van der Waals surface area contributed by atoms with Gasteiger partial charge in [0.1, 0.15) is 12.6 Å². The van der Waals surface area contributed by atoms with Gasteiger partial charge in [0, 0.05) is 19.3 Å². The van der Waals surface area contributed by atoms with Gasteiger partial charge >= 0.3 is 11.9 Å². The fraction of sp³-hybridized carbons (Fsp3) is 0.750. The highest BCUT2D eigenvalue weighted by Gasteiger charge is 2.25. The molecule has 0 heterocycles. The molecule has 0 bridgehead atoms. The Morgan fingerprint density at radius 1 is 0.577 bits per heavy atom. The van der Waals surface area contributed by atoms with Crippen LogP contribution in [0.4, 0.5) is 0 Å².